The zero-order chi connectivity index (χ0) is 16.2. The fraction of sp³-hybridized carbons (Fsp3) is 0.267. The van der Waals surface area contributed by atoms with Crippen LogP contribution in [-0.4, -0.2) is 40.3 Å². The van der Waals surface area contributed by atoms with E-state index in [9.17, 15) is 0 Å². The molecule has 0 fully saturated rings. The average molecular weight is 334 g/mol. The molecule has 0 unspecified atom stereocenters. The number of nitrogens with one attached hydrogen (secondary N) is 1. The predicted molar refractivity (Wildman–Crippen MR) is 88.5 cm³/mol. The summed E-state index contributed by atoms with van der Waals surface area (Å²) in [5, 5.41) is 3.73. The van der Waals surface area contributed by atoms with Crippen LogP contribution >= 0.6 is 11.6 Å². The number of aromatic nitrogens is 4. The molecule has 8 heteroatoms. The third-order valence-electron chi connectivity index (χ3n) is 3.35. The molecule has 0 amide bonds. The van der Waals surface area contributed by atoms with Crippen molar-refractivity contribution in [1.82, 2.24) is 19.5 Å². The number of rotatable bonds is 6. The molecule has 0 aliphatic rings. The molecule has 0 aliphatic carbocycles. The largest absolute Gasteiger partial charge is 0.495 e. The molecular weight excluding hydrogens is 318 g/mol. The SMILES string of the molecule is COCCn1cnc2c(Nc3ccc(OC)c(Cl)c3)ncnc21. The number of hydrogen-bond acceptors (Lipinski definition) is 6. The van der Waals surface area contributed by atoms with Crippen molar-refractivity contribution in [2.24, 2.45) is 0 Å². The Hall–Kier alpha value is -2.38. The van der Waals surface area contributed by atoms with Crippen molar-refractivity contribution in [3.63, 3.8) is 0 Å². The number of imidazole rings is 1. The number of methoxy groups -OCH3 is 2. The van der Waals surface area contributed by atoms with E-state index in [-0.39, 0.29) is 0 Å². The molecule has 1 aromatic carbocycles. The zero-order valence-corrected chi connectivity index (χ0v) is 13.5. The smallest absolute Gasteiger partial charge is 0.165 e. The Morgan fingerprint density at radius 2 is 2.09 bits per heavy atom. The highest BCUT2D eigenvalue weighted by Gasteiger charge is 2.11. The maximum absolute atomic E-state index is 6.14. The highest BCUT2D eigenvalue weighted by molar-refractivity contribution is 6.32. The van der Waals surface area contributed by atoms with Gasteiger partial charge in [-0.2, -0.15) is 0 Å². The summed E-state index contributed by atoms with van der Waals surface area (Å²) in [5.74, 6) is 1.24. The average Bonchev–Trinajstić information content (AvgIpc) is 2.97. The van der Waals surface area contributed by atoms with Crippen LogP contribution < -0.4 is 10.1 Å². The van der Waals surface area contributed by atoms with E-state index in [0.29, 0.717) is 35.3 Å². The van der Waals surface area contributed by atoms with E-state index in [1.807, 2.05) is 10.6 Å². The number of fused-ring (bicyclic) bond motifs is 1. The van der Waals surface area contributed by atoms with Gasteiger partial charge in [-0.3, -0.25) is 0 Å². The summed E-state index contributed by atoms with van der Waals surface area (Å²) in [6.07, 6.45) is 3.23. The van der Waals surface area contributed by atoms with Crippen molar-refractivity contribution in [3.8, 4) is 5.75 Å². The maximum atomic E-state index is 6.14. The van der Waals surface area contributed by atoms with Crippen LogP contribution in [0.3, 0.4) is 0 Å². The van der Waals surface area contributed by atoms with Crippen LogP contribution in [0, 0.1) is 0 Å². The van der Waals surface area contributed by atoms with Crippen molar-refractivity contribution in [3.05, 3.63) is 35.9 Å². The quantitative estimate of drug-likeness (QED) is 0.747. The Balaban J connectivity index is 1.91. The van der Waals surface area contributed by atoms with Crippen LogP contribution in [0.15, 0.2) is 30.9 Å². The van der Waals surface area contributed by atoms with Crippen LogP contribution in [-0.2, 0) is 11.3 Å². The van der Waals surface area contributed by atoms with Gasteiger partial charge in [0.15, 0.2) is 17.0 Å². The Bertz CT molecular complexity index is 821. The molecule has 3 aromatic rings. The molecule has 7 nitrogen and oxygen atoms in total. The van der Waals surface area contributed by atoms with Crippen LogP contribution in [0.5, 0.6) is 5.75 Å². The first-order valence-corrected chi connectivity index (χ1v) is 7.36. The van der Waals surface area contributed by atoms with Gasteiger partial charge < -0.3 is 19.4 Å². The summed E-state index contributed by atoms with van der Waals surface area (Å²) in [6, 6.07) is 5.43. The van der Waals surface area contributed by atoms with Crippen molar-refractivity contribution < 1.29 is 9.47 Å². The number of benzene rings is 1. The number of nitrogens with zero attached hydrogens (tertiary/aromatic N) is 4. The molecule has 0 saturated carbocycles. The third kappa shape index (κ3) is 3.20. The Morgan fingerprint density at radius 3 is 2.83 bits per heavy atom. The molecule has 0 spiro atoms. The molecule has 2 heterocycles. The number of anilines is 2. The number of halogens is 1. The Kier molecular flexibility index (Phi) is 4.59. The lowest BCUT2D eigenvalue weighted by Gasteiger charge is -2.09. The molecule has 2 aromatic heterocycles. The summed E-state index contributed by atoms with van der Waals surface area (Å²) in [6.45, 7) is 1.27. The zero-order valence-electron chi connectivity index (χ0n) is 12.8. The molecule has 0 saturated heterocycles. The van der Waals surface area contributed by atoms with Gasteiger partial charge in [0.2, 0.25) is 0 Å². The number of hydrogen-bond donors (Lipinski definition) is 1. The van der Waals surface area contributed by atoms with Crippen molar-refractivity contribution in [2.45, 2.75) is 6.54 Å². The van der Waals surface area contributed by atoms with E-state index in [1.54, 1.807) is 32.7 Å². The van der Waals surface area contributed by atoms with Gasteiger partial charge in [0.25, 0.3) is 0 Å². The van der Waals surface area contributed by atoms with E-state index in [4.69, 9.17) is 21.1 Å². The van der Waals surface area contributed by atoms with Crippen LogP contribution in [0.25, 0.3) is 11.2 Å². The van der Waals surface area contributed by atoms with Crippen LogP contribution in [0.1, 0.15) is 0 Å². The normalized spacial score (nSPS) is 10.9. The van der Waals surface area contributed by atoms with E-state index in [0.717, 1.165) is 11.3 Å². The minimum atomic E-state index is 0.522. The highest BCUT2D eigenvalue weighted by Crippen LogP contribution is 2.29. The van der Waals surface area contributed by atoms with Crippen LogP contribution in [0.4, 0.5) is 11.5 Å². The Labute approximate surface area is 138 Å². The van der Waals surface area contributed by atoms with E-state index < -0.39 is 0 Å². The first-order chi connectivity index (χ1) is 11.2. The molecule has 0 aliphatic heterocycles. The first-order valence-electron chi connectivity index (χ1n) is 6.98. The summed E-state index contributed by atoms with van der Waals surface area (Å²) in [4.78, 5) is 12.9. The van der Waals surface area contributed by atoms with Gasteiger partial charge in [0, 0.05) is 19.3 Å². The van der Waals surface area contributed by atoms with Crippen molar-refractivity contribution in [2.75, 3.05) is 26.1 Å². The second-order valence-corrected chi connectivity index (χ2v) is 5.21. The molecule has 23 heavy (non-hydrogen) atoms. The minimum Gasteiger partial charge on any atom is -0.495 e. The van der Waals surface area contributed by atoms with Crippen molar-refractivity contribution in [1.29, 1.82) is 0 Å². The molecular formula is C15H16ClN5O2. The lowest BCUT2D eigenvalue weighted by Crippen LogP contribution is -2.04. The predicted octanol–water partition coefficient (Wildman–Crippen LogP) is 2.88. The second kappa shape index (κ2) is 6.80. The van der Waals surface area contributed by atoms with Crippen LogP contribution in [0.2, 0.25) is 5.02 Å². The van der Waals surface area contributed by atoms with Gasteiger partial charge in [-0.1, -0.05) is 11.6 Å². The molecule has 120 valence electrons. The topological polar surface area (TPSA) is 74.1 Å². The molecule has 3 rings (SSSR count). The van der Waals surface area contributed by atoms with Gasteiger partial charge in [0.1, 0.15) is 12.1 Å². The van der Waals surface area contributed by atoms with Gasteiger partial charge >= 0.3 is 0 Å². The fourth-order valence-corrected chi connectivity index (χ4v) is 2.46. The standard InChI is InChI=1S/C15H16ClN5O2/c1-22-6-5-21-9-19-13-14(17-8-18-15(13)21)20-10-3-4-12(23-2)11(16)7-10/h3-4,7-9H,5-6H2,1-2H3,(H,17,18,20). The molecule has 0 radical (unpaired) electrons. The summed E-state index contributed by atoms with van der Waals surface area (Å²) in [5.41, 5.74) is 2.23. The summed E-state index contributed by atoms with van der Waals surface area (Å²) >= 11 is 6.14. The van der Waals surface area contributed by atoms with E-state index in [1.165, 1.54) is 6.33 Å². The molecule has 1 N–H and O–H groups in total. The summed E-state index contributed by atoms with van der Waals surface area (Å²) in [7, 11) is 3.24. The highest BCUT2D eigenvalue weighted by atomic mass is 35.5. The second-order valence-electron chi connectivity index (χ2n) is 4.80. The summed E-state index contributed by atoms with van der Waals surface area (Å²) < 4.78 is 12.2. The third-order valence-corrected chi connectivity index (χ3v) is 3.65. The number of ether oxygens (including phenoxy) is 2. The van der Waals surface area contributed by atoms with E-state index >= 15 is 0 Å². The minimum absolute atomic E-state index is 0.522. The van der Waals surface area contributed by atoms with Crippen molar-refractivity contribution >= 4 is 34.3 Å². The molecule has 0 atom stereocenters. The van der Waals surface area contributed by atoms with Gasteiger partial charge in [-0.25, -0.2) is 15.0 Å². The molecule has 0 bridgehead atoms. The lowest BCUT2D eigenvalue weighted by molar-refractivity contribution is 0.188. The Morgan fingerprint density at radius 1 is 1.22 bits per heavy atom. The first kappa shape index (κ1) is 15.5. The lowest BCUT2D eigenvalue weighted by atomic mass is 10.3. The van der Waals surface area contributed by atoms with Gasteiger partial charge in [-0.15, -0.1) is 0 Å². The van der Waals surface area contributed by atoms with Gasteiger partial charge in [0.05, 0.1) is 25.1 Å². The van der Waals surface area contributed by atoms with E-state index in [2.05, 4.69) is 20.3 Å². The monoisotopic (exact) mass is 333 g/mol. The van der Waals surface area contributed by atoms with Gasteiger partial charge in [-0.05, 0) is 18.2 Å². The maximum Gasteiger partial charge on any atom is 0.165 e. The fourth-order valence-electron chi connectivity index (χ4n) is 2.21.